The van der Waals surface area contributed by atoms with Gasteiger partial charge in [0.2, 0.25) is 5.82 Å². The summed E-state index contributed by atoms with van der Waals surface area (Å²) in [7, 11) is 0. The van der Waals surface area contributed by atoms with E-state index in [1.165, 1.54) is 42.5 Å². The number of benzene rings is 1. The lowest BCUT2D eigenvalue weighted by Gasteiger charge is -2.37. The minimum absolute atomic E-state index is 0.0266. The van der Waals surface area contributed by atoms with Crippen LogP contribution in [0.15, 0.2) is 34.9 Å². The summed E-state index contributed by atoms with van der Waals surface area (Å²) in [6.07, 6.45) is 3.62. The first-order valence-electron chi connectivity index (χ1n) is 14.8. The Morgan fingerprint density at radius 2 is 1.70 bits per heavy atom. The van der Waals surface area contributed by atoms with Gasteiger partial charge in [-0.25, -0.2) is 20.2 Å². The molecule has 0 radical (unpaired) electrons. The van der Waals surface area contributed by atoms with Crippen LogP contribution in [0.5, 0.6) is 0 Å². The second-order valence-corrected chi connectivity index (χ2v) is 11.7. The van der Waals surface area contributed by atoms with Gasteiger partial charge in [-0.1, -0.05) is 38.8 Å². The highest BCUT2D eigenvalue weighted by Gasteiger charge is 2.38. The summed E-state index contributed by atoms with van der Waals surface area (Å²) in [5.41, 5.74) is 5.10. The van der Waals surface area contributed by atoms with Crippen LogP contribution in [0.1, 0.15) is 74.1 Å². The monoisotopic (exact) mass is 681 g/mol. The van der Waals surface area contributed by atoms with Gasteiger partial charge in [0.1, 0.15) is 6.07 Å². The number of piperidine rings is 1. The number of nitrogens with one attached hydrogen (secondary N) is 1. The van der Waals surface area contributed by atoms with Crippen molar-refractivity contribution in [3.63, 3.8) is 0 Å². The van der Waals surface area contributed by atoms with Crippen molar-refractivity contribution in [2.24, 2.45) is 5.92 Å². The molecule has 0 bridgehead atoms. The number of carbonyl (C=O) groups is 2. The number of alkyl halides is 3. The number of amides is 1. The van der Waals surface area contributed by atoms with Gasteiger partial charge in [0.05, 0.1) is 4.47 Å². The minimum Gasteiger partial charge on any atom is -0.475 e. The molecule has 1 saturated carbocycles. The Morgan fingerprint density at radius 1 is 1.11 bits per heavy atom. The number of carbonyl (C=O) groups excluding carboxylic acids is 1. The van der Waals surface area contributed by atoms with Crippen LogP contribution in [-0.2, 0) is 11.3 Å². The van der Waals surface area contributed by atoms with Crippen molar-refractivity contribution in [2.45, 2.75) is 71.1 Å². The van der Waals surface area contributed by atoms with Crippen LogP contribution in [0.3, 0.4) is 0 Å². The van der Waals surface area contributed by atoms with E-state index in [2.05, 4.69) is 67.1 Å². The first kappa shape index (κ1) is 35.4. The molecule has 2 aromatic rings. The number of carboxylic acids is 1. The average molecular weight is 683 g/mol. The molecule has 14 heteroatoms. The zero-order valence-corrected chi connectivity index (χ0v) is 26.6. The number of aliphatic carboxylic acids is 1. The fraction of sp³-hybridized carbons (Fsp3) is 0.567. The van der Waals surface area contributed by atoms with Gasteiger partial charge >= 0.3 is 12.1 Å². The number of rotatable bonds is 10. The standard InChI is InChI=1S/C28H38BrN7O.C2HF3O2/c1-3-35(4-2)24-13-15-34(16-14-24)20-22-9-11-23(12-10-22)28(37)36(32-18-21-7-5-6-8-21)27-25(29)19-31-26(17-30)33-27;3-2(4,5)1(6)7/h9-12,19,21,24,32H,3-8,13-16,18,20H2,1-2H3;(H,6,7). The number of carboxylic acid groups (broad SMARTS) is 1. The van der Waals surface area contributed by atoms with Crippen LogP contribution in [0.4, 0.5) is 19.0 Å². The van der Waals surface area contributed by atoms with Crippen molar-refractivity contribution in [3.8, 4) is 6.07 Å². The molecule has 2 fully saturated rings. The lowest BCUT2D eigenvalue weighted by Crippen LogP contribution is -2.46. The van der Waals surface area contributed by atoms with E-state index in [4.69, 9.17) is 9.90 Å². The molecule has 10 nitrogen and oxygen atoms in total. The highest BCUT2D eigenvalue weighted by atomic mass is 79.9. The second kappa shape index (κ2) is 16.8. The van der Waals surface area contributed by atoms with Crippen LogP contribution in [0.2, 0.25) is 0 Å². The largest absolute Gasteiger partial charge is 0.490 e. The quantitative estimate of drug-likeness (QED) is 0.318. The Morgan fingerprint density at radius 3 is 2.23 bits per heavy atom. The van der Waals surface area contributed by atoms with Gasteiger partial charge in [-0.05, 0) is 91.4 Å². The Bertz CT molecular complexity index is 1270. The fourth-order valence-corrected chi connectivity index (χ4v) is 5.94. The van der Waals surface area contributed by atoms with Gasteiger partial charge < -0.3 is 10.0 Å². The summed E-state index contributed by atoms with van der Waals surface area (Å²) in [6, 6.07) is 10.5. The molecule has 240 valence electrons. The van der Waals surface area contributed by atoms with Crippen molar-refractivity contribution in [1.29, 1.82) is 5.26 Å². The number of aromatic nitrogens is 2. The molecule has 1 aromatic carbocycles. The van der Waals surface area contributed by atoms with Crippen molar-refractivity contribution >= 4 is 33.6 Å². The fourth-order valence-electron chi connectivity index (χ4n) is 5.57. The summed E-state index contributed by atoms with van der Waals surface area (Å²) < 4.78 is 32.3. The number of nitrogens with zero attached hydrogens (tertiary/aromatic N) is 6. The zero-order valence-electron chi connectivity index (χ0n) is 25.0. The predicted molar refractivity (Wildman–Crippen MR) is 163 cm³/mol. The van der Waals surface area contributed by atoms with Gasteiger partial charge in [-0.3, -0.25) is 9.69 Å². The van der Waals surface area contributed by atoms with E-state index in [1.807, 2.05) is 18.2 Å². The van der Waals surface area contributed by atoms with E-state index in [1.54, 1.807) is 0 Å². The van der Waals surface area contributed by atoms with Crippen molar-refractivity contribution in [1.82, 2.24) is 25.2 Å². The van der Waals surface area contributed by atoms with Crippen molar-refractivity contribution in [2.75, 3.05) is 37.7 Å². The molecule has 4 rings (SSSR count). The highest BCUT2D eigenvalue weighted by molar-refractivity contribution is 9.10. The molecule has 2 N–H and O–H groups in total. The first-order chi connectivity index (χ1) is 21.0. The predicted octanol–water partition coefficient (Wildman–Crippen LogP) is 5.39. The molecule has 0 unspecified atom stereocenters. The molecular formula is C30H39BrF3N7O3. The van der Waals surface area contributed by atoms with Gasteiger partial charge in [0, 0.05) is 30.9 Å². The molecule has 1 aliphatic carbocycles. The smallest absolute Gasteiger partial charge is 0.475 e. The van der Waals surface area contributed by atoms with Crippen LogP contribution in [0, 0.1) is 17.2 Å². The van der Waals surface area contributed by atoms with E-state index in [9.17, 15) is 23.2 Å². The molecule has 44 heavy (non-hydrogen) atoms. The van der Waals surface area contributed by atoms with Gasteiger partial charge in [-0.2, -0.15) is 23.4 Å². The zero-order chi connectivity index (χ0) is 32.3. The molecule has 1 amide bonds. The summed E-state index contributed by atoms with van der Waals surface area (Å²) in [5, 5.41) is 17.9. The lowest BCUT2D eigenvalue weighted by atomic mass is 10.0. The molecule has 1 aliphatic heterocycles. The van der Waals surface area contributed by atoms with Crippen molar-refractivity contribution in [3.05, 3.63) is 51.9 Å². The number of halogens is 4. The molecule has 1 saturated heterocycles. The number of likely N-dealkylation sites (tertiary alicyclic amines) is 1. The summed E-state index contributed by atoms with van der Waals surface area (Å²) in [5.74, 6) is -2.05. The maximum atomic E-state index is 13.6. The molecule has 0 spiro atoms. The topological polar surface area (TPSA) is 126 Å². The summed E-state index contributed by atoms with van der Waals surface area (Å²) in [6.45, 7) is 10.5. The number of hydrogen-bond acceptors (Lipinski definition) is 8. The van der Waals surface area contributed by atoms with Crippen molar-refractivity contribution < 1.29 is 27.9 Å². The van der Waals surface area contributed by atoms with Gasteiger partial charge in [-0.15, -0.1) is 0 Å². The Balaban J connectivity index is 0.000000676. The van der Waals surface area contributed by atoms with Gasteiger partial charge in [0.15, 0.2) is 5.82 Å². The summed E-state index contributed by atoms with van der Waals surface area (Å²) >= 11 is 3.47. The number of anilines is 1. The molecule has 1 aromatic heterocycles. The van der Waals surface area contributed by atoms with E-state index >= 15 is 0 Å². The normalized spacial score (nSPS) is 16.3. The Hall–Kier alpha value is -3.12. The molecule has 0 atom stereocenters. The number of nitriles is 1. The maximum Gasteiger partial charge on any atom is 0.490 e. The third-order valence-corrected chi connectivity index (χ3v) is 8.55. The third-order valence-electron chi connectivity index (χ3n) is 7.99. The molecular weight excluding hydrogens is 643 g/mol. The van der Waals surface area contributed by atoms with Crippen LogP contribution in [-0.4, -0.2) is 81.7 Å². The maximum absolute atomic E-state index is 13.6. The highest BCUT2D eigenvalue weighted by Crippen LogP contribution is 2.27. The van der Waals surface area contributed by atoms with Crippen LogP contribution < -0.4 is 10.4 Å². The third kappa shape index (κ3) is 10.2. The average Bonchev–Trinajstić information content (AvgIpc) is 3.53. The minimum atomic E-state index is -5.08. The molecule has 2 aliphatic rings. The van der Waals surface area contributed by atoms with Gasteiger partial charge in [0.25, 0.3) is 5.91 Å². The Labute approximate surface area is 264 Å². The van der Waals surface area contributed by atoms with Crippen LogP contribution >= 0.6 is 15.9 Å². The lowest BCUT2D eigenvalue weighted by molar-refractivity contribution is -0.192. The number of hydrazine groups is 1. The second-order valence-electron chi connectivity index (χ2n) is 10.9. The molecule has 2 heterocycles. The summed E-state index contributed by atoms with van der Waals surface area (Å²) in [4.78, 5) is 35.9. The van der Waals surface area contributed by atoms with E-state index < -0.39 is 12.1 Å². The van der Waals surface area contributed by atoms with E-state index in [0.717, 1.165) is 45.6 Å². The SMILES string of the molecule is CCN(CC)C1CCN(Cc2ccc(C(=O)N(NCC3CCCC3)c3nc(C#N)ncc3Br)cc2)CC1.O=C(O)C(F)(F)F. The van der Waals surface area contributed by atoms with Crippen LogP contribution in [0.25, 0.3) is 0 Å². The number of hydrogen-bond donors (Lipinski definition) is 2. The Kier molecular flexibility index (Phi) is 13.5. The van der Waals surface area contributed by atoms with E-state index in [-0.39, 0.29) is 11.7 Å². The first-order valence-corrected chi connectivity index (χ1v) is 15.6. The van der Waals surface area contributed by atoms with E-state index in [0.29, 0.717) is 34.4 Å².